The van der Waals surface area contributed by atoms with E-state index in [1.165, 1.54) is 6.07 Å². The lowest BCUT2D eigenvalue weighted by Crippen LogP contribution is -2.01. The van der Waals surface area contributed by atoms with Crippen molar-refractivity contribution < 1.29 is 9.90 Å². The number of aromatic nitrogens is 1. The van der Waals surface area contributed by atoms with Gasteiger partial charge in [-0.3, -0.25) is 0 Å². The molecule has 0 amide bonds. The highest BCUT2D eigenvalue weighted by Gasteiger charge is 2.08. The maximum atomic E-state index is 10.9. The molecule has 19 heavy (non-hydrogen) atoms. The van der Waals surface area contributed by atoms with Gasteiger partial charge in [0, 0.05) is 11.9 Å². The summed E-state index contributed by atoms with van der Waals surface area (Å²) in [4.78, 5) is 15.0. The van der Waals surface area contributed by atoms with Crippen LogP contribution < -0.4 is 5.32 Å². The first-order chi connectivity index (χ1) is 9.11. The highest BCUT2D eigenvalue weighted by atomic mass is 16.4. The van der Waals surface area contributed by atoms with E-state index in [2.05, 4.69) is 10.3 Å². The molecular formula is C14H11N3O2. The van der Waals surface area contributed by atoms with Gasteiger partial charge in [-0.25, -0.2) is 9.78 Å². The van der Waals surface area contributed by atoms with E-state index < -0.39 is 5.97 Å². The van der Waals surface area contributed by atoms with Crippen LogP contribution in [0.2, 0.25) is 0 Å². The van der Waals surface area contributed by atoms with Crippen LogP contribution in [0.4, 0.5) is 11.5 Å². The number of hydrogen-bond acceptors (Lipinski definition) is 4. The molecule has 1 aromatic heterocycles. The molecule has 94 valence electrons. The van der Waals surface area contributed by atoms with Gasteiger partial charge in [0.15, 0.2) is 0 Å². The molecule has 0 spiro atoms. The zero-order valence-electron chi connectivity index (χ0n) is 10.2. The molecule has 0 fully saturated rings. The standard InChI is InChI=1S/C14H11N3O2/c1-9-7-11(4-5-12(9)14(18)19)17-13-10(8-15)3-2-6-16-13/h2-7H,1H3,(H,16,17)(H,18,19). The molecule has 2 N–H and O–H groups in total. The SMILES string of the molecule is Cc1cc(Nc2ncccc2C#N)ccc1C(=O)O. The van der Waals surface area contributed by atoms with Crippen molar-refractivity contribution in [2.24, 2.45) is 0 Å². The van der Waals surface area contributed by atoms with Crippen molar-refractivity contribution in [1.82, 2.24) is 4.98 Å². The van der Waals surface area contributed by atoms with Gasteiger partial charge in [0.05, 0.1) is 11.1 Å². The summed E-state index contributed by atoms with van der Waals surface area (Å²) in [6.45, 7) is 1.72. The van der Waals surface area contributed by atoms with Crippen molar-refractivity contribution in [1.29, 1.82) is 5.26 Å². The minimum atomic E-state index is -0.959. The predicted molar refractivity (Wildman–Crippen MR) is 70.4 cm³/mol. The van der Waals surface area contributed by atoms with E-state index in [1.807, 2.05) is 6.07 Å². The van der Waals surface area contributed by atoms with E-state index in [9.17, 15) is 4.79 Å². The smallest absolute Gasteiger partial charge is 0.335 e. The quantitative estimate of drug-likeness (QED) is 0.878. The van der Waals surface area contributed by atoms with Gasteiger partial charge in [-0.2, -0.15) is 5.26 Å². The van der Waals surface area contributed by atoms with Crippen LogP contribution in [-0.2, 0) is 0 Å². The molecule has 0 unspecified atom stereocenters. The number of carboxylic acids is 1. The largest absolute Gasteiger partial charge is 0.478 e. The Morgan fingerprint density at radius 2 is 2.21 bits per heavy atom. The summed E-state index contributed by atoms with van der Waals surface area (Å²) in [6.07, 6.45) is 1.58. The molecular weight excluding hydrogens is 242 g/mol. The molecule has 0 bridgehead atoms. The summed E-state index contributed by atoms with van der Waals surface area (Å²) >= 11 is 0. The molecule has 1 heterocycles. The first-order valence-corrected chi connectivity index (χ1v) is 5.58. The summed E-state index contributed by atoms with van der Waals surface area (Å²) in [5.41, 5.74) is 2.03. The number of carboxylic acid groups (broad SMARTS) is 1. The zero-order chi connectivity index (χ0) is 13.8. The molecule has 0 saturated carbocycles. The van der Waals surface area contributed by atoms with Crippen LogP contribution in [0, 0.1) is 18.3 Å². The van der Waals surface area contributed by atoms with Crippen molar-refractivity contribution in [3.63, 3.8) is 0 Å². The third-order valence-electron chi connectivity index (χ3n) is 2.65. The average Bonchev–Trinajstić information content (AvgIpc) is 2.39. The normalized spacial score (nSPS) is 9.68. The van der Waals surface area contributed by atoms with E-state index in [-0.39, 0.29) is 5.56 Å². The Morgan fingerprint density at radius 1 is 1.42 bits per heavy atom. The highest BCUT2D eigenvalue weighted by Crippen LogP contribution is 2.20. The van der Waals surface area contributed by atoms with Gasteiger partial charge in [0.1, 0.15) is 11.9 Å². The molecule has 0 aliphatic rings. The number of aryl methyl sites for hydroxylation is 1. The monoisotopic (exact) mass is 253 g/mol. The number of nitrogens with zero attached hydrogens (tertiary/aromatic N) is 2. The lowest BCUT2D eigenvalue weighted by Gasteiger charge is -2.09. The van der Waals surface area contributed by atoms with E-state index in [4.69, 9.17) is 10.4 Å². The van der Waals surface area contributed by atoms with E-state index in [0.717, 1.165) is 0 Å². The molecule has 0 saturated heterocycles. The fourth-order valence-corrected chi connectivity index (χ4v) is 1.71. The Hall–Kier alpha value is -2.87. The Bertz CT molecular complexity index is 675. The van der Waals surface area contributed by atoms with Gasteiger partial charge in [-0.05, 0) is 42.8 Å². The highest BCUT2D eigenvalue weighted by molar-refractivity contribution is 5.90. The first kappa shape index (κ1) is 12.6. The van der Waals surface area contributed by atoms with Crippen LogP contribution in [-0.4, -0.2) is 16.1 Å². The molecule has 0 aliphatic carbocycles. The van der Waals surface area contributed by atoms with Crippen LogP contribution in [0.1, 0.15) is 21.5 Å². The number of nitrogens with one attached hydrogen (secondary N) is 1. The van der Waals surface area contributed by atoms with E-state index in [1.54, 1.807) is 37.4 Å². The molecule has 5 nitrogen and oxygen atoms in total. The number of nitriles is 1. The molecule has 2 rings (SSSR count). The van der Waals surface area contributed by atoms with E-state index in [0.29, 0.717) is 22.6 Å². The first-order valence-electron chi connectivity index (χ1n) is 5.58. The number of aromatic carboxylic acids is 1. The van der Waals surface area contributed by atoms with Gasteiger partial charge >= 0.3 is 5.97 Å². The number of carbonyl (C=O) groups is 1. The van der Waals surface area contributed by atoms with Gasteiger partial charge in [0.2, 0.25) is 0 Å². The lowest BCUT2D eigenvalue weighted by atomic mass is 10.1. The van der Waals surface area contributed by atoms with Crippen molar-refractivity contribution in [2.45, 2.75) is 6.92 Å². The fraction of sp³-hybridized carbons (Fsp3) is 0.0714. The second-order valence-electron chi connectivity index (χ2n) is 3.97. The third kappa shape index (κ3) is 2.69. The van der Waals surface area contributed by atoms with Crippen LogP contribution >= 0.6 is 0 Å². The van der Waals surface area contributed by atoms with Gasteiger partial charge in [-0.15, -0.1) is 0 Å². The Balaban J connectivity index is 2.32. The lowest BCUT2D eigenvalue weighted by molar-refractivity contribution is 0.0696. The Labute approximate surface area is 110 Å². The van der Waals surface area contributed by atoms with Crippen molar-refractivity contribution in [2.75, 3.05) is 5.32 Å². The van der Waals surface area contributed by atoms with Crippen LogP contribution in [0.25, 0.3) is 0 Å². The number of rotatable bonds is 3. The second-order valence-corrected chi connectivity index (χ2v) is 3.97. The van der Waals surface area contributed by atoms with Gasteiger partial charge in [-0.1, -0.05) is 0 Å². The maximum Gasteiger partial charge on any atom is 0.335 e. The van der Waals surface area contributed by atoms with Crippen LogP contribution in [0.3, 0.4) is 0 Å². The van der Waals surface area contributed by atoms with E-state index >= 15 is 0 Å². The summed E-state index contributed by atoms with van der Waals surface area (Å²) in [6, 6.07) is 10.3. The molecule has 0 aliphatic heterocycles. The van der Waals surface area contributed by atoms with Gasteiger partial charge in [0.25, 0.3) is 0 Å². The number of hydrogen-bond donors (Lipinski definition) is 2. The van der Waals surface area contributed by atoms with Crippen molar-refractivity contribution in [3.8, 4) is 6.07 Å². The minimum absolute atomic E-state index is 0.257. The Morgan fingerprint density at radius 3 is 2.84 bits per heavy atom. The second kappa shape index (κ2) is 5.19. The van der Waals surface area contributed by atoms with Crippen LogP contribution in [0.5, 0.6) is 0 Å². The van der Waals surface area contributed by atoms with Crippen molar-refractivity contribution in [3.05, 3.63) is 53.2 Å². The summed E-state index contributed by atoms with van der Waals surface area (Å²) in [5, 5.41) is 20.9. The predicted octanol–water partition coefficient (Wildman–Crippen LogP) is 2.70. The zero-order valence-corrected chi connectivity index (χ0v) is 10.2. The summed E-state index contributed by atoms with van der Waals surface area (Å²) in [5.74, 6) is -0.507. The van der Waals surface area contributed by atoms with Gasteiger partial charge < -0.3 is 10.4 Å². The fourth-order valence-electron chi connectivity index (χ4n) is 1.71. The summed E-state index contributed by atoms with van der Waals surface area (Å²) in [7, 11) is 0. The maximum absolute atomic E-state index is 10.9. The Kier molecular flexibility index (Phi) is 3.44. The third-order valence-corrected chi connectivity index (χ3v) is 2.65. The average molecular weight is 253 g/mol. The number of pyridine rings is 1. The minimum Gasteiger partial charge on any atom is -0.478 e. The van der Waals surface area contributed by atoms with Crippen molar-refractivity contribution >= 4 is 17.5 Å². The number of anilines is 2. The summed E-state index contributed by atoms with van der Waals surface area (Å²) < 4.78 is 0. The van der Waals surface area contributed by atoms with Crippen LogP contribution in [0.15, 0.2) is 36.5 Å². The molecule has 2 aromatic rings. The molecule has 1 aromatic carbocycles. The number of benzene rings is 1. The molecule has 0 radical (unpaired) electrons. The molecule has 5 heteroatoms. The topological polar surface area (TPSA) is 86.0 Å². The molecule has 0 atom stereocenters.